The molecule has 0 unspecified atom stereocenters. The highest BCUT2D eigenvalue weighted by atomic mass is 32.2. The van der Waals surface area contributed by atoms with Crippen LogP contribution in [0.1, 0.15) is 10.4 Å². The van der Waals surface area contributed by atoms with Gasteiger partial charge in [-0.1, -0.05) is 12.1 Å². The lowest BCUT2D eigenvalue weighted by Gasteiger charge is -2.07. The number of rotatable bonds is 4. The second-order valence-electron chi connectivity index (χ2n) is 4.47. The number of nitrogens with one attached hydrogen (secondary N) is 1. The normalized spacial score (nSPS) is 11.1. The van der Waals surface area contributed by atoms with Gasteiger partial charge in [0.05, 0.1) is 11.8 Å². The highest BCUT2D eigenvalue weighted by Crippen LogP contribution is 2.23. The lowest BCUT2D eigenvalue weighted by Crippen LogP contribution is -2.14. The van der Waals surface area contributed by atoms with E-state index in [9.17, 15) is 13.2 Å². The number of hydrogen-bond donors (Lipinski definition) is 3. The van der Waals surface area contributed by atoms with E-state index in [0.29, 0.717) is 11.3 Å². The molecule has 0 radical (unpaired) electrons. The molecule has 0 bridgehead atoms. The smallest absolute Gasteiger partial charge is 0.252 e. The summed E-state index contributed by atoms with van der Waals surface area (Å²) in [6.45, 7) is 0. The number of primary amides is 1. The molecule has 0 aliphatic rings. The molecule has 110 valence electrons. The topological polar surface area (TPSA) is 128 Å². The van der Waals surface area contributed by atoms with E-state index >= 15 is 0 Å². The Morgan fingerprint density at radius 2 is 1.81 bits per heavy atom. The van der Waals surface area contributed by atoms with Gasteiger partial charge in [0.2, 0.25) is 10.0 Å². The summed E-state index contributed by atoms with van der Waals surface area (Å²) < 4.78 is 24.6. The zero-order chi connectivity index (χ0) is 15.6. The minimum Gasteiger partial charge on any atom is -0.383 e. The minimum atomic E-state index is -3.32. The summed E-state index contributed by atoms with van der Waals surface area (Å²) in [5.41, 5.74) is 12.8. The number of hydrogen-bond acceptors (Lipinski definition) is 5. The third-order valence-electron chi connectivity index (χ3n) is 2.71. The maximum Gasteiger partial charge on any atom is 0.252 e. The third kappa shape index (κ3) is 3.69. The summed E-state index contributed by atoms with van der Waals surface area (Å²) in [6, 6.07) is 8.16. The predicted octanol–water partition coefficient (Wildman–Crippen LogP) is 0.801. The molecule has 21 heavy (non-hydrogen) atoms. The van der Waals surface area contributed by atoms with Crippen molar-refractivity contribution in [3.8, 4) is 11.1 Å². The van der Waals surface area contributed by atoms with Crippen molar-refractivity contribution in [1.82, 2.24) is 4.98 Å². The first kappa shape index (κ1) is 14.8. The van der Waals surface area contributed by atoms with E-state index in [1.54, 1.807) is 30.3 Å². The molecule has 0 fully saturated rings. The first-order chi connectivity index (χ1) is 9.76. The fourth-order valence-corrected chi connectivity index (χ4v) is 2.34. The van der Waals surface area contributed by atoms with E-state index in [0.717, 1.165) is 11.8 Å². The van der Waals surface area contributed by atoms with Crippen molar-refractivity contribution in [2.75, 3.05) is 16.7 Å². The zero-order valence-electron chi connectivity index (χ0n) is 11.2. The summed E-state index contributed by atoms with van der Waals surface area (Å²) in [4.78, 5) is 15.2. The van der Waals surface area contributed by atoms with Crippen LogP contribution in [0.2, 0.25) is 0 Å². The summed E-state index contributed by atoms with van der Waals surface area (Å²) in [5, 5.41) is 0. The van der Waals surface area contributed by atoms with Crippen molar-refractivity contribution in [1.29, 1.82) is 0 Å². The SMILES string of the molecule is CS(=O)(=O)Nc1ccc(-c2cnc(N)c(C(N)=O)c2)cc1. The number of nitrogen functional groups attached to an aromatic ring is 1. The fourth-order valence-electron chi connectivity index (χ4n) is 1.78. The number of carbonyl (C=O) groups excluding carboxylic acids is 1. The van der Waals surface area contributed by atoms with E-state index in [1.165, 1.54) is 6.20 Å². The Labute approximate surface area is 122 Å². The number of aromatic nitrogens is 1. The van der Waals surface area contributed by atoms with E-state index in [2.05, 4.69) is 9.71 Å². The summed E-state index contributed by atoms with van der Waals surface area (Å²) in [6.07, 6.45) is 2.59. The number of carbonyl (C=O) groups is 1. The standard InChI is InChI=1S/C13H14N4O3S/c1-21(19,20)17-10-4-2-8(3-5-10)9-6-11(13(15)18)12(14)16-7-9/h2-7,17H,1H3,(H2,14,16)(H2,15,18). The van der Waals surface area contributed by atoms with Gasteiger partial charge in [0.15, 0.2) is 0 Å². The highest BCUT2D eigenvalue weighted by molar-refractivity contribution is 7.92. The Balaban J connectivity index is 2.35. The van der Waals surface area contributed by atoms with Gasteiger partial charge in [0, 0.05) is 17.4 Å². The molecule has 0 spiro atoms. The number of anilines is 2. The largest absolute Gasteiger partial charge is 0.383 e. The van der Waals surface area contributed by atoms with Gasteiger partial charge >= 0.3 is 0 Å². The van der Waals surface area contributed by atoms with E-state index in [1.807, 2.05) is 0 Å². The fraction of sp³-hybridized carbons (Fsp3) is 0.0769. The highest BCUT2D eigenvalue weighted by Gasteiger charge is 2.09. The molecular formula is C13H14N4O3S. The van der Waals surface area contributed by atoms with Gasteiger partial charge in [-0.2, -0.15) is 0 Å². The first-order valence-electron chi connectivity index (χ1n) is 5.90. The molecule has 7 nitrogen and oxygen atoms in total. The molecule has 1 amide bonds. The van der Waals surface area contributed by atoms with Gasteiger partial charge in [-0.25, -0.2) is 13.4 Å². The van der Waals surface area contributed by atoms with E-state index in [4.69, 9.17) is 11.5 Å². The molecular weight excluding hydrogens is 292 g/mol. The quantitative estimate of drug-likeness (QED) is 0.769. The second kappa shape index (κ2) is 5.41. The third-order valence-corrected chi connectivity index (χ3v) is 3.31. The van der Waals surface area contributed by atoms with Crippen LogP contribution < -0.4 is 16.2 Å². The molecule has 8 heteroatoms. The van der Waals surface area contributed by atoms with Crippen molar-refractivity contribution in [3.05, 3.63) is 42.1 Å². The summed E-state index contributed by atoms with van der Waals surface area (Å²) >= 11 is 0. The van der Waals surface area contributed by atoms with Crippen molar-refractivity contribution in [3.63, 3.8) is 0 Å². The lowest BCUT2D eigenvalue weighted by atomic mass is 10.1. The van der Waals surface area contributed by atoms with Crippen LogP contribution in [0.4, 0.5) is 11.5 Å². The number of amides is 1. The maximum absolute atomic E-state index is 11.2. The Kier molecular flexibility index (Phi) is 3.81. The van der Waals surface area contributed by atoms with Crippen LogP contribution in [0.5, 0.6) is 0 Å². The number of sulfonamides is 1. The van der Waals surface area contributed by atoms with Gasteiger partial charge in [-0.3, -0.25) is 9.52 Å². The monoisotopic (exact) mass is 306 g/mol. The van der Waals surface area contributed by atoms with Gasteiger partial charge in [0.1, 0.15) is 5.82 Å². The zero-order valence-corrected chi connectivity index (χ0v) is 12.0. The van der Waals surface area contributed by atoms with Crippen LogP contribution in [0, 0.1) is 0 Å². The number of nitrogens with zero attached hydrogens (tertiary/aromatic N) is 1. The van der Waals surface area contributed by atoms with Gasteiger partial charge in [-0.15, -0.1) is 0 Å². The van der Waals surface area contributed by atoms with Gasteiger partial charge in [0.25, 0.3) is 5.91 Å². The number of benzene rings is 1. The van der Waals surface area contributed by atoms with Crippen LogP contribution in [0.3, 0.4) is 0 Å². The Hall–Kier alpha value is -2.61. The Morgan fingerprint density at radius 3 is 2.33 bits per heavy atom. The van der Waals surface area contributed by atoms with Crippen molar-refractivity contribution >= 4 is 27.4 Å². The Morgan fingerprint density at radius 1 is 1.19 bits per heavy atom. The first-order valence-corrected chi connectivity index (χ1v) is 7.79. The van der Waals surface area contributed by atoms with Crippen LogP contribution in [-0.2, 0) is 10.0 Å². The van der Waals surface area contributed by atoms with E-state index in [-0.39, 0.29) is 11.4 Å². The molecule has 1 aromatic carbocycles. The predicted molar refractivity (Wildman–Crippen MR) is 81.1 cm³/mol. The van der Waals surface area contributed by atoms with Gasteiger partial charge in [-0.05, 0) is 23.8 Å². The van der Waals surface area contributed by atoms with Gasteiger partial charge < -0.3 is 11.5 Å². The molecule has 0 aliphatic carbocycles. The summed E-state index contributed by atoms with van der Waals surface area (Å²) in [7, 11) is -3.32. The van der Waals surface area contributed by atoms with Crippen molar-refractivity contribution < 1.29 is 13.2 Å². The molecule has 1 heterocycles. The number of pyridine rings is 1. The molecule has 0 aliphatic heterocycles. The van der Waals surface area contributed by atoms with Crippen LogP contribution >= 0.6 is 0 Å². The minimum absolute atomic E-state index is 0.0709. The maximum atomic E-state index is 11.2. The molecule has 5 N–H and O–H groups in total. The van der Waals surface area contributed by atoms with E-state index < -0.39 is 15.9 Å². The van der Waals surface area contributed by atoms with Crippen molar-refractivity contribution in [2.45, 2.75) is 0 Å². The summed E-state index contributed by atoms with van der Waals surface area (Å²) in [5.74, 6) is -0.584. The lowest BCUT2D eigenvalue weighted by molar-refractivity contribution is 0.100. The molecule has 2 rings (SSSR count). The van der Waals surface area contributed by atoms with Crippen LogP contribution in [0.15, 0.2) is 36.5 Å². The average molecular weight is 306 g/mol. The molecule has 0 saturated heterocycles. The molecule has 0 atom stereocenters. The van der Waals surface area contributed by atoms with Crippen molar-refractivity contribution in [2.24, 2.45) is 5.73 Å². The molecule has 2 aromatic rings. The average Bonchev–Trinajstić information content (AvgIpc) is 2.38. The second-order valence-corrected chi connectivity index (χ2v) is 6.22. The van der Waals surface area contributed by atoms with Crippen LogP contribution in [0.25, 0.3) is 11.1 Å². The molecule has 1 aromatic heterocycles. The van der Waals surface area contributed by atoms with Crippen LogP contribution in [-0.4, -0.2) is 25.6 Å². The number of nitrogens with two attached hydrogens (primary N) is 2. The Bertz CT molecular complexity index is 786. The molecule has 0 saturated carbocycles.